The lowest BCUT2D eigenvalue weighted by molar-refractivity contribution is -0.150. The van der Waals surface area contributed by atoms with Crippen LogP contribution in [0.25, 0.3) is 0 Å². The molecule has 0 N–H and O–H groups in total. The average Bonchev–Trinajstić information content (AvgIpc) is 2.67. The van der Waals surface area contributed by atoms with Crippen LogP contribution in [0.5, 0.6) is 0 Å². The van der Waals surface area contributed by atoms with Crippen LogP contribution in [0.3, 0.4) is 0 Å². The van der Waals surface area contributed by atoms with E-state index >= 15 is 0 Å². The molecule has 2 rings (SSSR count). The summed E-state index contributed by atoms with van der Waals surface area (Å²) >= 11 is 0. The Bertz CT molecular complexity index is 486. The molecule has 2 amide bonds. The Morgan fingerprint density at radius 1 is 1.15 bits per heavy atom. The lowest BCUT2D eigenvalue weighted by Gasteiger charge is -2.39. The van der Waals surface area contributed by atoms with E-state index in [1.807, 2.05) is 0 Å². The van der Waals surface area contributed by atoms with Crippen molar-refractivity contribution in [3.63, 3.8) is 0 Å². The first-order valence-electron chi connectivity index (χ1n) is 5.96. The summed E-state index contributed by atoms with van der Waals surface area (Å²) in [5.41, 5.74) is -0.976. The molecule has 0 radical (unpaired) electrons. The Labute approximate surface area is 115 Å². The Hall–Kier alpha value is -2.25. The average molecular weight is 284 g/mol. The van der Waals surface area contributed by atoms with Gasteiger partial charge in [0.05, 0.1) is 19.6 Å². The molecule has 1 fully saturated rings. The molecule has 8 heteroatoms. The zero-order valence-electron chi connectivity index (χ0n) is 11.7. The van der Waals surface area contributed by atoms with Gasteiger partial charge in [0.2, 0.25) is 6.23 Å². The van der Waals surface area contributed by atoms with Crippen molar-refractivity contribution >= 4 is 18.2 Å². The molecular weight excluding hydrogens is 268 g/mol. The number of carbonyl (C=O) groups is 3. The third kappa shape index (κ3) is 1.87. The predicted molar refractivity (Wildman–Crippen MR) is 65.1 cm³/mol. The van der Waals surface area contributed by atoms with Crippen molar-refractivity contribution in [2.24, 2.45) is 5.41 Å². The van der Waals surface area contributed by atoms with Crippen LogP contribution in [0.2, 0.25) is 0 Å². The third-order valence-electron chi connectivity index (χ3n) is 3.50. The lowest BCUT2D eigenvalue weighted by atomic mass is 9.84. The van der Waals surface area contributed by atoms with E-state index in [9.17, 15) is 14.4 Å². The fraction of sp³-hybridized carbons (Fsp3) is 0.583. The molecule has 0 spiro atoms. The Morgan fingerprint density at radius 2 is 1.65 bits per heavy atom. The highest BCUT2D eigenvalue weighted by Crippen LogP contribution is 2.41. The van der Waals surface area contributed by atoms with Gasteiger partial charge in [-0.1, -0.05) is 0 Å². The number of amides is 2. The summed E-state index contributed by atoms with van der Waals surface area (Å²) in [6, 6.07) is -0.688. The molecule has 20 heavy (non-hydrogen) atoms. The number of methoxy groups -OCH3 is 2. The van der Waals surface area contributed by atoms with Crippen LogP contribution < -0.4 is 0 Å². The van der Waals surface area contributed by atoms with E-state index in [0.29, 0.717) is 0 Å². The lowest BCUT2D eigenvalue weighted by Crippen LogP contribution is -2.57. The van der Waals surface area contributed by atoms with E-state index in [1.165, 1.54) is 31.5 Å². The number of hydrogen-bond donors (Lipinski definition) is 0. The van der Waals surface area contributed by atoms with Crippen LogP contribution in [0.1, 0.15) is 13.8 Å². The summed E-state index contributed by atoms with van der Waals surface area (Å²) in [6.07, 6.45) is 0.444. The standard InChI is InChI=1S/C12H16N2O6/c1-12(2)7-8(20-9(12)15)14(11(17)19-4)6-5-13(7)10(16)18-3/h5-8H,1-4H3/t7-,8-/m1/s1. The summed E-state index contributed by atoms with van der Waals surface area (Å²) in [4.78, 5) is 37.8. The molecular formula is C12H16N2O6. The molecule has 2 atom stereocenters. The summed E-state index contributed by atoms with van der Waals surface area (Å²) < 4.78 is 14.5. The fourth-order valence-electron chi connectivity index (χ4n) is 2.37. The zero-order valence-corrected chi connectivity index (χ0v) is 11.7. The van der Waals surface area contributed by atoms with Gasteiger partial charge < -0.3 is 14.2 Å². The van der Waals surface area contributed by atoms with Crippen LogP contribution in [-0.4, -0.2) is 54.4 Å². The Kier molecular flexibility index (Phi) is 3.33. The van der Waals surface area contributed by atoms with Gasteiger partial charge in [-0.05, 0) is 13.8 Å². The first kappa shape index (κ1) is 14.2. The van der Waals surface area contributed by atoms with Crippen molar-refractivity contribution in [2.75, 3.05) is 14.2 Å². The molecule has 2 heterocycles. The highest BCUT2D eigenvalue weighted by molar-refractivity contribution is 5.83. The summed E-state index contributed by atoms with van der Waals surface area (Å²) in [5, 5.41) is 0. The van der Waals surface area contributed by atoms with Crippen molar-refractivity contribution in [2.45, 2.75) is 26.1 Å². The molecule has 110 valence electrons. The van der Waals surface area contributed by atoms with Crippen LogP contribution in [0, 0.1) is 5.41 Å². The maximum Gasteiger partial charge on any atom is 0.416 e. The first-order valence-corrected chi connectivity index (χ1v) is 5.96. The highest BCUT2D eigenvalue weighted by atomic mass is 16.6. The number of rotatable bonds is 0. The topological polar surface area (TPSA) is 85.4 Å². The number of nitrogens with zero attached hydrogens (tertiary/aromatic N) is 2. The van der Waals surface area contributed by atoms with E-state index in [4.69, 9.17) is 4.74 Å². The highest BCUT2D eigenvalue weighted by Gasteiger charge is 2.59. The molecule has 8 nitrogen and oxygen atoms in total. The number of fused-ring (bicyclic) bond motifs is 1. The van der Waals surface area contributed by atoms with Gasteiger partial charge in [-0.3, -0.25) is 9.69 Å². The molecule has 0 aromatic heterocycles. The minimum Gasteiger partial charge on any atom is -0.452 e. The molecule has 0 aliphatic carbocycles. The number of esters is 1. The van der Waals surface area contributed by atoms with Crippen molar-refractivity contribution in [3.8, 4) is 0 Å². The Balaban J connectivity index is 2.44. The second kappa shape index (κ2) is 4.69. The number of ether oxygens (including phenoxy) is 3. The second-order valence-corrected chi connectivity index (χ2v) is 5.02. The van der Waals surface area contributed by atoms with E-state index in [0.717, 1.165) is 4.90 Å². The molecule has 2 aliphatic rings. The van der Waals surface area contributed by atoms with Gasteiger partial charge in [0.25, 0.3) is 0 Å². The van der Waals surface area contributed by atoms with Crippen molar-refractivity contribution < 1.29 is 28.6 Å². The van der Waals surface area contributed by atoms with Crippen molar-refractivity contribution in [1.82, 2.24) is 9.80 Å². The van der Waals surface area contributed by atoms with E-state index in [-0.39, 0.29) is 0 Å². The van der Waals surface area contributed by atoms with Gasteiger partial charge in [0, 0.05) is 12.4 Å². The molecule has 0 saturated carbocycles. The number of carbonyl (C=O) groups excluding carboxylic acids is 3. The summed E-state index contributed by atoms with van der Waals surface area (Å²) in [5.74, 6) is -0.501. The quantitative estimate of drug-likeness (QED) is 0.485. The zero-order chi connectivity index (χ0) is 15.1. The van der Waals surface area contributed by atoms with Gasteiger partial charge in [-0.25, -0.2) is 14.5 Å². The van der Waals surface area contributed by atoms with E-state index in [2.05, 4.69) is 9.47 Å². The smallest absolute Gasteiger partial charge is 0.416 e. The fourth-order valence-corrected chi connectivity index (χ4v) is 2.37. The SMILES string of the molecule is COC(=O)N1C=CN(C(=O)OC)[C@@H]2[C@H]1OC(=O)C2(C)C. The first-order chi connectivity index (χ1) is 9.34. The molecule has 0 aromatic rings. The van der Waals surface area contributed by atoms with Crippen LogP contribution in [0.15, 0.2) is 12.4 Å². The van der Waals surface area contributed by atoms with E-state index in [1.54, 1.807) is 13.8 Å². The Morgan fingerprint density at radius 3 is 2.20 bits per heavy atom. The maximum atomic E-state index is 12.0. The molecule has 1 saturated heterocycles. The van der Waals surface area contributed by atoms with E-state index < -0.39 is 35.8 Å². The van der Waals surface area contributed by atoms with Crippen molar-refractivity contribution in [1.29, 1.82) is 0 Å². The van der Waals surface area contributed by atoms with Gasteiger partial charge in [0.1, 0.15) is 6.04 Å². The van der Waals surface area contributed by atoms with Crippen LogP contribution >= 0.6 is 0 Å². The monoisotopic (exact) mass is 284 g/mol. The third-order valence-corrected chi connectivity index (χ3v) is 3.50. The summed E-state index contributed by atoms with van der Waals surface area (Å²) in [6.45, 7) is 3.29. The predicted octanol–water partition coefficient (Wildman–Crippen LogP) is 0.886. The van der Waals surface area contributed by atoms with Crippen LogP contribution in [0.4, 0.5) is 9.59 Å². The molecule has 0 bridgehead atoms. The van der Waals surface area contributed by atoms with Gasteiger partial charge in [-0.15, -0.1) is 0 Å². The van der Waals surface area contributed by atoms with Gasteiger partial charge in [-0.2, -0.15) is 0 Å². The summed E-state index contributed by atoms with van der Waals surface area (Å²) in [7, 11) is 2.46. The minimum absolute atomic E-state index is 0.501. The maximum absolute atomic E-state index is 12.0. The largest absolute Gasteiger partial charge is 0.452 e. The normalized spacial score (nSPS) is 26.9. The second-order valence-electron chi connectivity index (χ2n) is 5.02. The minimum atomic E-state index is -0.976. The molecule has 0 unspecified atom stereocenters. The van der Waals surface area contributed by atoms with Crippen LogP contribution in [-0.2, 0) is 19.0 Å². The van der Waals surface area contributed by atoms with Gasteiger partial charge in [0.15, 0.2) is 0 Å². The van der Waals surface area contributed by atoms with Crippen molar-refractivity contribution in [3.05, 3.63) is 12.4 Å². The molecule has 2 aliphatic heterocycles. The van der Waals surface area contributed by atoms with Gasteiger partial charge >= 0.3 is 18.2 Å². The molecule has 0 aromatic carbocycles. The number of hydrogen-bond acceptors (Lipinski definition) is 6.